The first-order valence-electron chi connectivity index (χ1n) is 5.88. The van der Waals surface area contributed by atoms with Crippen LogP contribution in [0.5, 0.6) is 0 Å². The van der Waals surface area contributed by atoms with E-state index < -0.39 is 5.97 Å². The highest BCUT2D eigenvalue weighted by atomic mass is 16.5. The summed E-state index contributed by atoms with van der Waals surface area (Å²) in [5.74, 6) is -0.665. The number of methoxy groups -OCH3 is 1. The fraction of sp³-hybridized carbons (Fsp3) is 0.600. The third-order valence-electron chi connectivity index (χ3n) is 2.06. The predicted octanol–water partition coefficient (Wildman–Crippen LogP) is -0.133. The van der Waals surface area contributed by atoms with Gasteiger partial charge in [-0.2, -0.15) is 0 Å². The Kier molecular flexibility index (Phi) is 4.50. The van der Waals surface area contributed by atoms with Crippen LogP contribution in [0.25, 0.3) is 0 Å². The van der Waals surface area contributed by atoms with E-state index in [1.807, 2.05) is 0 Å². The standard InChI is InChI=1S/C10H16N4O3/c1-3-8-6-14(13-12-8)7-11-9(15)4-5-10(16)17-2/h6H,3-5,7H2,1-2H3,(H,11,15)/i1D. The zero-order chi connectivity index (χ0) is 13.4. The molecule has 1 aromatic heterocycles. The van der Waals surface area contributed by atoms with Crippen LogP contribution in [0.3, 0.4) is 0 Å². The molecule has 1 N–H and O–H groups in total. The molecule has 0 saturated carbocycles. The van der Waals surface area contributed by atoms with E-state index in [9.17, 15) is 9.59 Å². The van der Waals surface area contributed by atoms with Crippen LogP contribution in [0.1, 0.15) is 26.8 Å². The Morgan fingerprint density at radius 1 is 1.59 bits per heavy atom. The number of esters is 1. The molecule has 0 unspecified atom stereocenters. The number of carbonyl (C=O) groups excluding carboxylic acids is 2. The van der Waals surface area contributed by atoms with Crippen LogP contribution in [0, 0.1) is 0 Å². The highest BCUT2D eigenvalue weighted by Gasteiger charge is 2.06. The number of ether oxygens (including phenoxy) is 1. The third kappa shape index (κ3) is 4.62. The average Bonchev–Trinajstić information content (AvgIpc) is 2.81. The number of rotatable bonds is 6. The first-order valence-corrected chi connectivity index (χ1v) is 5.17. The molecule has 1 rings (SSSR count). The van der Waals surface area contributed by atoms with Crippen molar-refractivity contribution in [3.63, 3.8) is 0 Å². The summed E-state index contributed by atoms with van der Waals surface area (Å²) in [6.45, 7) is 0.454. The molecule has 7 heteroatoms. The Morgan fingerprint density at radius 3 is 3.12 bits per heavy atom. The number of carbonyl (C=O) groups is 2. The Bertz CT molecular complexity index is 408. The molecule has 0 spiro atoms. The minimum atomic E-state index is -0.413. The molecule has 1 heterocycles. The van der Waals surface area contributed by atoms with Gasteiger partial charge in [-0.25, -0.2) is 4.68 Å². The van der Waals surface area contributed by atoms with E-state index in [-0.39, 0.29) is 32.3 Å². The summed E-state index contributed by atoms with van der Waals surface area (Å²) in [7, 11) is 1.28. The third-order valence-corrected chi connectivity index (χ3v) is 2.06. The van der Waals surface area contributed by atoms with Gasteiger partial charge in [-0.05, 0) is 6.42 Å². The molecule has 94 valence electrons. The maximum atomic E-state index is 11.4. The molecule has 17 heavy (non-hydrogen) atoms. The molecule has 0 radical (unpaired) electrons. The molecular weight excluding hydrogens is 224 g/mol. The van der Waals surface area contributed by atoms with Gasteiger partial charge in [0.2, 0.25) is 5.91 Å². The van der Waals surface area contributed by atoms with E-state index in [0.717, 1.165) is 0 Å². The molecule has 0 fully saturated rings. The van der Waals surface area contributed by atoms with Crippen molar-refractivity contribution in [3.05, 3.63) is 11.9 Å². The number of aromatic nitrogens is 3. The van der Waals surface area contributed by atoms with E-state index in [0.29, 0.717) is 12.1 Å². The van der Waals surface area contributed by atoms with Crippen LogP contribution < -0.4 is 5.32 Å². The second-order valence-electron chi connectivity index (χ2n) is 3.33. The summed E-state index contributed by atoms with van der Waals surface area (Å²) in [6.07, 6.45) is 2.36. The van der Waals surface area contributed by atoms with Crippen LogP contribution >= 0.6 is 0 Å². The molecule has 0 atom stereocenters. The summed E-state index contributed by atoms with van der Waals surface area (Å²) in [4.78, 5) is 22.2. The first kappa shape index (κ1) is 11.6. The van der Waals surface area contributed by atoms with Crippen molar-refractivity contribution in [2.24, 2.45) is 0 Å². The van der Waals surface area contributed by atoms with Crippen molar-refractivity contribution in [3.8, 4) is 0 Å². The molecule has 1 aromatic rings. The molecule has 0 aliphatic rings. The first-order chi connectivity index (χ1) is 8.65. The normalized spacial score (nSPS) is 10.8. The summed E-state index contributed by atoms with van der Waals surface area (Å²) in [5.41, 5.74) is 0.716. The predicted molar refractivity (Wildman–Crippen MR) is 58.8 cm³/mol. The van der Waals surface area contributed by atoms with Crippen molar-refractivity contribution in [1.29, 1.82) is 0 Å². The van der Waals surface area contributed by atoms with Crippen molar-refractivity contribution < 1.29 is 15.7 Å². The number of amides is 1. The van der Waals surface area contributed by atoms with Gasteiger partial charge in [0.25, 0.3) is 0 Å². The maximum Gasteiger partial charge on any atom is 0.306 e. The summed E-state index contributed by atoms with van der Waals surface area (Å²) < 4.78 is 12.9. The summed E-state index contributed by atoms with van der Waals surface area (Å²) >= 11 is 0. The molecule has 0 saturated heterocycles. The Hall–Kier alpha value is -1.92. The van der Waals surface area contributed by atoms with Gasteiger partial charge in [0.05, 0.1) is 25.4 Å². The van der Waals surface area contributed by atoms with Crippen molar-refractivity contribution in [1.82, 2.24) is 20.3 Å². The highest BCUT2D eigenvalue weighted by Crippen LogP contribution is 1.94. The second kappa shape index (κ2) is 6.62. The topological polar surface area (TPSA) is 86.1 Å². The summed E-state index contributed by atoms with van der Waals surface area (Å²) in [5, 5.41) is 10.2. The van der Waals surface area contributed by atoms with Gasteiger partial charge in [0.15, 0.2) is 0 Å². The minimum absolute atomic E-state index is 0.0593. The quantitative estimate of drug-likeness (QED) is 0.701. The molecule has 0 aromatic carbocycles. The molecule has 0 bridgehead atoms. The van der Waals surface area contributed by atoms with Crippen LogP contribution in [-0.4, -0.2) is 34.0 Å². The fourth-order valence-corrected chi connectivity index (χ4v) is 1.11. The molecular formula is C10H16N4O3. The van der Waals surface area contributed by atoms with Gasteiger partial charge in [0, 0.05) is 7.79 Å². The highest BCUT2D eigenvalue weighted by molar-refractivity contribution is 5.80. The molecule has 7 nitrogen and oxygen atoms in total. The van der Waals surface area contributed by atoms with E-state index in [2.05, 4.69) is 20.4 Å². The van der Waals surface area contributed by atoms with Crippen LogP contribution in [0.15, 0.2) is 6.20 Å². The van der Waals surface area contributed by atoms with Gasteiger partial charge < -0.3 is 10.1 Å². The summed E-state index contributed by atoms with van der Waals surface area (Å²) in [6, 6.07) is 0. The molecule has 0 aliphatic heterocycles. The minimum Gasteiger partial charge on any atom is -0.469 e. The van der Waals surface area contributed by atoms with Crippen molar-refractivity contribution >= 4 is 11.9 Å². The van der Waals surface area contributed by atoms with Crippen molar-refractivity contribution in [2.75, 3.05) is 7.11 Å². The lowest BCUT2D eigenvalue weighted by Gasteiger charge is -2.03. The zero-order valence-corrected chi connectivity index (χ0v) is 9.68. The Labute approximate surface area is 101 Å². The SMILES string of the molecule is [2H]CCc1cn(CNC(=O)CCC(=O)OC)nn1. The largest absolute Gasteiger partial charge is 0.469 e. The lowest BCUT2D eigenvalue weighted by molar-refractivity contribution is -0.142. The van der Waals surface area contributed by atoms with E-state index in [4.69, 9.17) is 1.37 Å². The van der Waals surface area contributed by atoms with Gasteiger partial charge in [-0.3, -0.25) is 9.59 Å². The van der Waals surface area contributed by atoms with Gasteiger partial charge in [-0.1, -0.05) is 12.1 Å². The van der Waals surface area contributed by atoms with E-state index in [1.165, 1.54) is 11.8 Å². The lowest BCUT2D eigenvalue weighted by Crippen LogP contribution is -2.26. The number of hydrogen-bond acceptors (Lipinski definition) is 5. The van der Waals surface area contributed by atoms with Crippen molar-refractivity contribution in [2.45, 2.75) is 32.8 Å². The monoisotopic (exact) mass is 241 g/mol. The zero-order valence-electron chi connectivity index (χ0n) is 10.7. The van der Waals surface area contributed by atoms with E-state index in [1.54, 1.807) is 6.20 Å². The lowest BCUT2D eigenvalue weighted by atomic mass is 10.3. The van der Waals surface area contributed by atoms with Crippen LogP contribution in [-0.2, 0) is 27.4 Å². The van der Waals surface area contributed by atoms with Gasteiger partial charge >= 0.3 is 5.97 Å². The Balaban J connectivity index is 2.26. The molecule has 1 amide bonds. The van der Waals surface area contributed by atoms with Crippen LogP contribution in [0.4, 0.5) is 0 Å². The Morgan fingerprint density at radius 2 is 2.41 bits per heavy atom. The van der Waals surface area contributed by atoms with Gasteiger partial charge in [0.1, 0.15) is 6.67 Å². The maximum absolute atomic E-state index is 11.4. The second-order valence-corrected chi connectivity index (χ2v) is 3.33. The van der Waals surface area contributed by atoms with E-state index >= 15 is 0 Å². The number of hydrogen-bond donors (Lipinski definition) is 1. The number of aryl methyl sites for hydroxylation is 1. The van der Waals surface area contributed by atoms with Gasteiger partial charge in [-0.15, -0.1) is 5.10 Å². The fourth-order valence-electron chi connectivity index (χ4n) is 1.11. The molecule has 0 aliphatic carbocycles. The number of nitrogens with zero attached hydrogens (tertiary/aromatic N) is 3. The number of nitrogens with one attached hydrogen (secondary N) is 1. The smallest absolute Gasteiger partial charge is 0.306 e. The van der Waals surface area contributed by atoms with Crippen LogP contribution in [0.2, 0.25) is 0 Å². The average molecular weight is 241 g/mol.